The molecular weight excluding hydrogens is 2150 g/mol. The number of piperidine rings is 4. The smallest absolute Gasteiger partial charge is 0.410 e. The monoisotopic (exact) mass is 2230 g/mol. The maximum Gasteiger partial charge on any atom is 0.410 e. The van der Waals surface area contributed by atoms with E-state index in [2.05, 4.69) is 205 Å². The number of benzene rings is 6. The molecule has 0 radical (unpaired) electrons. The van der Waals surface area contributed by atoms with E-state index >= 15 is 0 Å². The standard InChI is InChI=1S/C20H26BrN5O4S.C19H20BrN7.C19H16BrN7.C13H13BrN4.C9H9BrClN3O2S.C7H4BrClN2/c1-19(2,3)30-18(27)25-10-8-20(13-22,9-11-25)17-23-15-12-14(21)6-7-16(15)26(17)31(28,29)24(4)5;2*20-12-1-2-14-15(9-12)26-18(25-14)19(10-21)4-7-27(8-5-19)17-13-3-6-22-16(13)23-11-24-17;14-9-1-2-10-11(7-9)18-12(17-10)13(8-15)3-5-16-6-4-13;1-13(2)17(15,16)14-8-4-3-6(10)5-7(8)12-9(14)11;8-4-1-2-5-6(3-4)11-7(9)10-5/h6-7,12H,8-11H2,1-5H3;1-3,6,9,11H,4-5,7-8,10,21H2,(H,25,26)(H,22,23,24);1-3,6,9,11H,4-5,7-8H2,(H,25,26)(H,22,23,24);1-2,7,16H,3-6H2,(H,17,18);3-5H,1-2H3;1-3H,(H,10,11). The van der Waals surface area contributed by atoms with Gasteiger partial charge in [0.15, 0.2) is 0 Å². The number of imidazole rings is 6. The second-order valence-electron chi connectivity index (χ2n) is 33.3. The van der Waals surface area contributed by atoms with E-state index in [-0.39, 0.29) is 42.5 Å². The second-order valence-corrected chi connectivity index (χ2v) is 43.4. The van der Waals surface area contributed by atoms with Crippen molar-refractivity contribution in [2.75, 3.05) is 96.9 Å². The molecule has 4 saturated heterocycles. The molecule has 9 N–H and O–H groups in total. The lowest BCUT2D eigenvalue weighted by Crippen LogP contribution is -2.48. The van der Waals surface area contributed by atoms with Crippen molar-refractivity contribution in [3.05, 3.63) is 207 Å². The normalized spacial score (nSPS) is 16.1. The van der Waals surface area contributed by atoms with Gasteiger partial charge in [-0.15, -0.1) is 0 Å². The SMILES string of the molecule is CN(C)S(=O)(=O)n1c(C2(C#N)CCN(C(=O)OC(C)(C)C)CC2)nc2cc(Br)ccc21.CN(C)S(=O)(=O)n1c(Cl)nc2cc(Br)ccc21.Clc1nc2ccc(Br)cc2[nH]1.N#CC1(c2nc3ccc(Br)cc3[nH]2)CCN(c2ncnc3[nH]ccc23)CC1.N#CC1(c2nc3ccc(Br)cc3[nH]2)CCNCC1.NCC1(c2nc3ccc(Br)cc3[nH]2)CCN(c2ncnc3[nH]ccc23)CC1. The van der Waals surface area contributed by atoms with Crippen molar-refractivity contribution in [1.82, 2.24) is 107 Å². The number of nitriles is 3. The molecule has 10 aromatic heterocycles. The third kappa shape index (κ3) is 20.3. The van der Waals surface area contributed by atoms with E-state index < -0.39 is 48.4 Å². The van der Waals surface area contributed by atoms with Gasteiger partial charge in [0.05, 0.1) is 95.2 Å². The van der Waals surface area contributed by atoms with Gasteiger partial charge < -0.3 is 60.4 Å². The van der Waals surface area contributed by atoms with E-state index in [9.17, 15) is 37.4 Å². The van der Waals surface area contributed by atoms with E-state index in [1.54, 1.807) is 74.7 Å². The lowest BCUT2D eigenvalue weighted by molar-refractivity contribution is 0.0182. The van der Waals surface area contributed by atoms with Gasteiger partial charge in [0, 0.05) is 119 Å². The fourth-order valence-electron chi connectivity index (χ4n) is 16.2. The molecule has 4 aliphatic rings. The quantitative estimate of drug-likeness (QED) is 0.0596. The molecule has 6 aromatic carbocycles. The Balaban J connectivity index is 0.000000123. The van der Waals surface area contributed by atoms with Crippen LogP contribution in [0.4, 0.5) is 16.4 Å². The maximum atomic E-state index is 13.2. The van der Waals surface area contributed by atoms with Crippen molar-refractivity contribution in [3.8, 4) is 18.2 Å². The number of nitrogens with zero attached hydrogens (tertiary/aromatic N) is 20. The number of carbonyl (C=O) groups is 1. The zero-order valence-corrected chi connectivity index (χ0v) is 84.3. The molecule has 16 aromatic rings. The molecule has 20 rings (SSSR count). The predicted molar refractivity (Wildman–Crippen MR) is 528 cm³/mol. The van der Waals surface area contributed by atoms with Crippen molar-refractivity contribution >= 4 is 245 Å². The number of anilines is 2. The minimum atomic E-state index is -3.94. The van der Waals surface area contributed by atoms with Gasteiger partial charge in [-0.2, -0.15) is 45.2 Å². The minimum absolute atomic E-state index is 0.0770. The van der Waals surface area contributed by atoms with Crippen LogP contribution in [0.5, 0.6) is 0 Å². The van der Waals surface area contributed by atoms with Crippen molar-refractivity contribution in [2.45, 2.75) is 99.4 Å². The predicted octanol–water partition coefficient (Wildman–Crippen LogP) is 17.6. The third-order valence-corrected chi connectivity index (χ3v) is 30.4. The highest BCUT2D eigenvalue weighted by molar-refractivity contribution is 9.11. The van der Waals surface area contributed by atoms with Gasteiger partial charge in [-0.3, -0.25) is 0 Å². The Morgan fingerprint density at radius 2 is 0.870 bits per heavy atom. The lowest BCUT2D eigenvalue weighted by atomic mass is 9.77. The number of aromatic nitrogens is 18. The van der Waals surface area contributed by atoms with Gasteiger partial charge >= 0.3 is 26.5 Å². The number of carbonyl (C=O) groups excluding carboxylic acids is 1. The fourth-order valence-corrected chi connectivity index (χ4v) is 21.1. The summed E-state index contributed by atoms with van der Waals surface area (Å²) in [7, 11) is -1.84. The summed E-state index contributed by atoms with van der Waals surface area (Å²) in [5, 5.41) is 35.4. The summed E-state index contributed by atoms with van der Waals surface area (Å²) in [5.74, 6) is 4.63. The second kappa shape index (κ2) is 39.2. The molecule has 0 unspecified atom stereocenters. The van der Waals surface area contributed by atoms with Crippen LogP contribution in [0.3, 0.4) is 0 Å². The molecule has 0 bridgehead atoms. The molecule has 14 heterocycles. The van der Waals surface area contributed by atoms with E-state index in [0.29, 0.717) is 46.7 Å². The first-order valence-corrected chi connectivity index (χ1v) is 49.7. The van der Waals surface area contributed by atoms with E-state index in [1.807, 2.05) is 91.3 Å². The van der Waals surface area contributed by atoms with Crippen LogP contribution < -0.4 is 20.9 Å². The Bertz CT molecular complexity index is 7320. The van der Waals surface area contributed by atoms with Crippen molar-refractivity contribution in [3.63, 3.8) is 0 Å². The Hall–Kier alpha value is -10.1. The third-order valence-electron chi connectivity index (χ3n) is 23.4. The molecule has 4 aliphatic heterocycles. The van der Waals surface area contributed by atoms with Gasteiger partial charge in [0.2, 0.25) is 10.6 Å². The van der Waals surface area contributed by atoms with Crippen LogP contribution in [0.15, 0.2) is 173 Å². The molecule has 34 nitrogen and oxygen atoms in total. The molecule has 0 spiro atoms. The first-order valence-electron chi connectivity index (χ1n) is 41.4. The largest absolute Gasteiger partial charge is 0.444 e. The summed E-state index contributed by atoms with van der Waals surface area (Å²) in [4.78, 5) is 82.3. The molecule has 4 fully saturated rings. The number of hydrogen-bond donors (Lipinski definition) is 8. The van der Waals surface area contributed by atoms with Crippen LogP contribution in [0.2, 0.25) is 10.6 Å². The topological polar surface area (TPSA) is 454 Å². The van der Waals surface area contributed by atoms with Crippen LogP contribution >= 0.6 is 119 Å². The van der Waals surface area contributed by atoms with Crippen LogP contribution in [0, 0.1) is 34.0 Å². The number of amides is 1. The van der Waals surface area contributed by atoms with Crippen LogP contribution in [0.1, 0.15) is 95.4 Å². The van der Waals surface area contributed by atoms with Gasteiger partial charge in [0.1, 0.15) is 80.7 Å². The van der Waals surface area contributed by atoms with Gasteiger partial charge in [-0.25, -0.2) is 58.6 Å². The van der Waals surface area contributed by atoms with E-state index in [1.165, 1.54) is 28.2 Å². The van der Waals surface area contributed by atoms with Crippen molar-refractivity contribution in [2.24, 2.45) is 5.73 Å². The van der Waals surface area contributed by atoms with Crippen LogP contribution in [0.25, 0.3) is 88.3 Å². The number of ether oxygens (including phenoxy) is 1. The number of nitrogens with one attached hydrogen (secondary N) is 7. The van der Waals surface area contributed by atoms with Crippen LogP contribution in [-0.4, -0.2) is 217 Å². The summed E-state index contributed by atoms with van der Waals surface area (Å²) >= 11 is 32.0. The number of nitrogens with two attached hydrogens (primary N) is 1. The number of halogens is 8. The minimum Gasteiger partial charge on any atom is -0.444 e. The number of fused-ring (bicyclic) bond motifs is 8. The number of likely N-dealkylation sites (tertiary alicyclic amines) is 1. The zero-order valence-electron chi connectivity index (χ0n) is 71.7. The van der Waals surface area contributed by atoms with Crippen molar-refractivity contribution < 1.29 is 26.4 Å². The average Bonchev–Trinajstić information content (AvgIpc) is 1.58. The zero-order chi connectivity index (χ0) is 93.3. The summed E-state index contributed by atoms with van der Waals surface area (Å²) in [6.45, 7) is 11.5. The Morgan fingerprint density at radius 1 is 0.481 bits per heavy atom. The molecule has 1 amide bonds. The number of aromatic amines is 6. The Kier molecular flexibility index (Phi) is 28.6. The Morgan fingerprint density at radius 3 is 1.32 bits per heavy atom. The molecule has 0 saturated carbocycles. The molecule has 680 valence electrons. The molecular formula is C87H88Br6Cl2N28O6S2. The summed E-state index contributed by atoms with van der Waals surface area (Å²) in [6, 6.07) is 45.3. The summed E-state index contributed by atoms with van der Waals surface area (Å²) < 4.78 is 65.9. The van der Waals surface area contributed by atoms with Gasteiger partial charge in [-0.1, -0.05) is 95.6 Å². The molecule has 0 atom stereocenters. The van der Waals surface area contributed by atoms with Crippen LogP contribution in [-0.2, 0) is 46.8 Å². The first kappa shape index (κ1) is 95.5. The highest BCUT2D eigenvalue weighted by atomic mass is 79.9. The highest BCUT2D eigenvalue weighted by Crippen LogP contribution is 2.43. The maximum absolute atomic E-state index is 13.2. The van der Waals surface area contributed by atoms with Gasteiger partial charge in [0.25, 0.3) is 0 Å². The first-order chi connectivity index (χ1) is 62.5. The summed E-state index contributed by atoms with van der Waals surface area (Å²) in [5.41, 5.74) is 14.4. The number of hydrogen-bond acceptors (Lipinski definition) is 23. The average molecular weight is 2240 g/mol. The number of H-pyrrole nitrogens is 6. The lowest BCUT2D eigenvalue weighted by Gasteiger charge is -2.40. The number of rotatable bonds is 11. The van der Waals surface area contributed by atoms with Crippen molar-refractivity contribution in [1.29, 1.82) is 15.8 Å². The molecule has 131 heavy (non-hydrogen) atoms. The fraction of sp³-hybridized carbons (Fsp3) is 0.333. The molecule has 0 aliphatic carbocycles. The van der Waals surface area contributed by atoms with E-state index in [0.717, 1.165) is 204 Å². The summed E-state index contributed by atoms with van der Waals surface area (Å²) in [6.07, 6.45) is 11.9. The van der Waals surface area contributed by atoms with Gasteiger partial charge in [-0.05, 0) is 230 Å². The Labute approximate surface area is 813 Å². The molecule has 44 heteroatoms. The van der Waals surface area contributed by atoms with E-state index in [4.69, 9.17) is 43.6 Å². The highest BCUT2D eigenvalue weighted by Gasteiger charge is 2.46.